The third-order valence-corrected chi connectivity index (χ3v) is 2.19. The van der Waals surface area contributed by atoms with Crippen LogP contribution in [0.25, 0.3) is 0 Å². The van der Waals surface area contributed by atoms with Crippen molar-refractivity contribution in [3.05, 3.63) is 0 Å². The summed E-state index contributed by atoms with van der Waals surface area (Å²) < 4.78 is 35.0. The molecule has 0 aliphatic heterocycles. The molecular weight excluding hydrogens is 167 g/mol. The third-order valence-electron chi connectivity index (χ3n) is 2.19. The molecule has 0 aromatic carbocycles. The SMILES string of the molecule is CC1(NCCCC(F)(F)F)CC1. The first-order chi connectivity index (χ1) is 5.41. The van der Waals surface area contributed by atoms with E-state index in [1.165, 1.54) is 0 Å². The Bertz CT molecular complexity index is 142. The van der Waals surface area contributed by atoms with Gasteiger partial charge in [-0.05, 0) is 32.7 Å². The van der Waals surface area contributed by atoms with Crippen molar-refractivity contribution in [1.29, 1.82) is 0 Å². The van der Waals surface area contributed by atoms with E-state index in [1.54, 1.807) is 0 Å². The van der Waals surface area contributed by atoms with Crippen molar-refractivity contribution in [2.75, 3.05) is 6.54 Å². The fourth-order valence-electron chi connectivity index (χ4n) is 1.04. The van der Waals surface area contributed by atoms with Gasteiger partial charge in [0, 0.05) is 12.0 Å². The highest BCUT2D eigenvalue weighted by Crippen LogP contribution is 2.34. The maximum Gasteiger partial charge on any atom is 0.389 e. The zero-order valence-electron chi connectivity index (χ0n) is 7.17. The third kappa shape index (κ3) is 3.95. The van der Waals surface area contributed by atoms with E-state index < -0.39 is 12.6 Å². The van der Waals surface area contributed by atoms with E-state index in [2.05, 4.69) is 5.32 Å². The van der Waals surface area contributed by atoms with Crippen molar-refractivity contribution in [1.82, 2.24) is 5.32 Å². The van der Waals surface area contributed by atoms with Crippen LogP contribution in [0.1, 0.15) is 32.6 Å². The quantitative estimate of drug-likeness (QED) is 0.657. The van der Waals surface area contributed by atoms with Gasteiger partial charge in [0.05, 0.1) is 0 Å². The van der Waals surface area contributed by atoms with Crippen LogP contribution in [0.3, 0.4) is 0 Å². The molecule has 4 heteroatoms. The monoisotopic (exact) mass is 181 g/mol. The Morgan fingerprint density at radius 1 is 1.33 bits per heavy atom. The maximum atomic E-state index is 11.7. The van der Waals surface area contributed by atoms with Crippen LogP contribution in [0.5, 0.6) is 0 Å². The zero-order valence-corrected chi connectivity index (χ0v) is 7.17. The number of nitrogens with one attached hydrogen (secondary N) is 1. The van der Waals surface area contributed by atoms with Crippen LogP contribution in [-0.2, 0) is 0 Å². The molecule has 12 heavy (non-hydrogen) atoms. The van der Waals surface area contributed by atoms with Gasteiger partial charge in [0.2, 0.25) is 0 Å². The second-order valence-corrected chi connectivity index (χ2v) is 3.71. The molecule has 0 heterocycles. The summed E-state index contributed by atoms with van der Waals surface area (Å²) in [4.78, 5) is 0. The van der Waals surface area contributed by atoms with Crippen molar-refractivity contribution in [2.24, 2.45) is 0 Å². The van der Waals surface area contributed by atoms with Crippen molar-refractivity contribution >= 4 is 0 Å². The first kappa shape index (κ1) is 9.84. The molecule has 0 unspecified atom stereocenters. The van der Waals surface area contributed by atoms with Gasteiger partial charge >= 0.3 is 6.18 Å². The largest absolute Gasteiger partial charge is 0.389 e. The normalized spacial score (nSPS) is 21.0. The molecule has 0 bridgehead atoms. The van der Waals surface area contributed by atoms with Crippen LogP contribution in [-0.4, -0.2) is 18.3 Å². The van der Waals surface area contributed by atoms with Gasteiger partial charge in [-0.1, -0.05) is 0 Å². The maximum absolute atomic E-state index is 11.7. The molecule has 1 fully saturated rings. The topological polar surface area (TPSA) is 12.0 Å². The zero-order chi connectivity index (χ0) is 9.24. The molecule has 0 saturated heterocycles. The van der Waals surface area contributed by atoms with Gasteiger partial charge in [-0.25, -0.2) is 0 Å². The fourth-order valence-corrected chi connectivity index (χ4v) is 1.04. The molecule has 0 radical (unpaired) electrons. The predicted molar refractivity (Wildman–Crippen MR) is 40.9 cm³/mol. The lowest BCUT2D eigenvalue weighted by Crippen LogP contribution is -2.29. The standard InChI is InChI=1S/C8H14F3N/c1-7(4-5-7)12-6-2-3-8(9,10)11/h12H,2-6H2,1H3. The van der Waals surface area contributed by atoms with Gasteiger partial charge in [-0.15, -0.1) is 0 Å². The van der Waals surface area contributed by atoms with Gasteiger partial charge in [0.15, 0.2) is 0 Å². The van der Waals surface area contributed by atoms with Gasteiger partial charge in [-0.3, -0.25) is 0 Å². The molecule has 1 rings (SSSR count). The average molecular weight is 181 g/mol. The molecule has 1 N–H and O–H groups in total. The molecule has 72 valence electrons. The van der Waals surface area contributed by atoms with E-state index >= 15 is 0 Å². The van der Waals surface area contributed by atoms with Gasteiger partial charge in [-0.2, -0.15) is 13.2 Å². The summed E-state index contributed by atoms with van der Waals surface area (Å²) in [6, 6.07) is 0. The Labute approximate surface area is 70.3 Å². The highest BCUT2D eigenvalue weighted by Gasteiger charge is 2.36. The fraction of sp³-hybridized carbons (Fsp3) is 1.00. The van der Waals surface area contributed by atoms with E-state index in [-0.39, 0.29) is 12.0 Å². The first-order valence-electron chi connectivity index (χ1n) is 4.23. The first-order valence-corrected chi connectivity index (χ1v) is 4.23. The molecule has 0 atom stereocenters. The molecule has 0 amide bonds. The molecule has 1 aliphatic carbocycles. The summed E-state index contributed by atoms with van der Waals surface area (Å²) in [5.41, 5.74) is 0.158. The van der Waals surface area contributed by atoms with Crippen LogP contribution >= 0.6 is 0 Å². The van der Waals surface area contributed by atoms with E-state index in [1.807, 2.05) is 6.92 Å². The predicted octanol–water partition coefficient (Wildman–Crippen LogP) is 2.47. The molecule has 1 saturated carbocycles. The van der Waals surface area contributed by atoms with Gasteiger partial charge < -0.3 is 5.32 Å². The van der Waals surface area contributed by atoms with Crippen LogP contribution in [0.2, 0.25) is 0 Å². The van der Waals surface area contributed by atoms with Gasteiger partial charge in [0.25, 0.3) is 0 Å². The van der Waals surface area contributed by atoms with Crippen molar-refractivity contribution in [3.8, 4) is 0 Å². The Hall–Kier alpha value is -0.250. The van der Waals surface area contributed by atoms with E-state index in [4.69, 9.17) is 0 Å². The van der Waals surface area contributed by atoms with Crippen LogP contribution in [0.15, 0.2) is 0 Å². The molecule has 1 nitrogen and oxygen atoms in total. The minimum Gasteiger partial charge on any atom is -0.312 e. The Morgan fingerprint density at radius 2 is 1.92 bits per heavy atom. The lowest BCUT2D eigenvalue weighted by Gasteiger charge is -2.11. The Morgan fingerprint density at radius 3 is 2.33 bits per heavy atom. The van der Waals surface area contributed by atoms with E-state index in [9.17, 15) is 13.2 Å². The molecular formula is C8H14F3N. The summed E-state index contributed by atoms with van der Waals surface area (Å²) >= 11 is 0. The summed E-state index contributed by atoms with van der Waals surface area (Å²) in [6.45, 7) is 2.52. The highest BCUT2D eigenvalue weighted by molar-refractivity contribution is 4.97. The summed E-state index contributed by atoms with van der Waals surface area (Å²) in [7, 11) is 0. The van der Waals surface area contributed by atoms with Gasteiger partial charge in [0.1, 0.15) is 0 Å². The lowest BCUT2D eigenvalue weighted by molar-refractivity contribution is -0.135. The van der Waals surface area contributed by atoms with E-state index in [0.717, 1.165) is 12.8 Å². The summed E-state index contributed by atoms with van der Waals surface area (Å²) in [5.74, 6) is 0. The smallest absolute Gasteiger partial charge is 0.312 e. The molecule has 1 aliphatic rings. The van der Waals surface area contributed by atoms with E-state index in [0.29, 0.717) is 6.54 Å². The second kappa shape index (κ2) is 3.24. The summed E-state index contributed by atoms with van der Waals surface area (Å²) in [5, 5.41) is 3.11. The number of rotatable bonds is 4. The molecule has 0 spiro atoms. The summed E-state index contributed by atoms with van der Waals surface area (Å²) in [6.07, 6.45) is -2.28. The lowest BCUT2D eigenvalue weighted by atomic mass is 10.2. The minimum absolute atomic E-state index is 0.158. The van der Waals surface area contributed by atoms with Crippen molar-refractivity contribution in [2.45, 2.75) is 44.3 Å². The van der Waals surface area contributed by atoms with Crippen molar-refractivity contribution < 1.29 is 13.2 Å². The minimum atomic E-state index is -3.99. The number of hydrogen-bond donors (Lipinski definition) is 1. The molecule has 0 aromatic heterocycles. The number of hydrogen-bond acceptors (Lipinski definition) is 1. The highest BCUT2D eigenvalue weighted by atomic mass is 19.4. The van der Waals surface area contributed by atoms with Crippen LogP contribution in [0.4, 0.5) is 13.2 Å². The van der Waals surface area contributed by atoms with Crippen molar-refractivity contribution in [3.63, 3.8) is 0 Å². The Balaban J connectivity index is 1.96. The van der Waals surface area contributed by atoms with Crippen LogP contribution in [0, 0.1) is 0 Å². The molecule has 0 aromatic rings. The number of alkyl halides is 3. The number of halogens is 3. The average Bonchev–Trinajstić information content (AvgIpc) is 2.60. The van der Waals surface area contributed by atoms with Crippen LogP contribution < -0.4 is 5.32 Å². The second-order valence-electron chi connectivity index (χ2n) is 3.71. The Kier molecular flexibility index (Phi) is 2.66.